The van der Waals surface area contributed by atoms with Crippen LogP contribution in [-0.2, 0) is 26.2 Å². The summed E-state index contributed by atoms with van der Waals surface area (Å²) in [6.07, 6.45) is 0. The topological polar surface area (TPSA) is 96.0 Å². The Hall–Kier alpha value is -2.98. The zero-order chi connectivity index (χ0) is 28.7. The summed E-state index contributed by atoms with van der Waals surface area (Å²) >= 11 is 18.6. The lowest BCUT2D eigenvalue weighted by atomic mass is 10.1. The van der Waals surface area contributed by atoms with Crippen molar-refractivity contribution in [3.8, 4) is 5.75 Å². The molecule has 0 spiro atoms. The number of nitrogens with zero attached hydrogens (tertiary/aromatic N) is 2. The van der Waals surface area contributed by atoms with E-state index in [1.165, 1.54) is 42.3 Å². The van der Waals surface area contributed by atoms with Crippen molar-refractivity contribution in [3.05, 3.63) is 87.4 Å². The van der Waals surface area contributed by atoms with Crippen molar-refractivity contribution in [1.29, 1.82) is 0 Å². The van der Waals surface area contributed by atoms with Crippen molar-refractivity contribution in [2.24, 2.45) is 0 Å². The van der Waals surface area contributed by atoms with Crippen molar-refractivity contribution in [2.75, 3.05) is 24.5 Å². The smallest absolute Gasteiger partial charge is 0.264 e. The third-order valence-electron chi connectivity index (χ3n) is 5.89. The third-order valence-corrected chi connectivity index (χ3v) is 8.49. The quantitative estimate of drug-likeness (QED) is 0.313. The molecule has 1 N–H and O–H groups in total. The third kappa shape index (κ3) is 7.36. The highest BCUT2D eigenvalue weighted by molar-refractivity contribution is 7.92. The highest BCUT2D eigenvalue weighted by atomic mass is 35.5. The fourth-order valence-corrected chi connectivity index (χ4v) is 5.90. The number of hydrogen-bond donors (Lipinski definition) is 1. The predicted molar refractivity (Wildman–Crippen MR) is 154 cm³/mol. The Labute approximate surface area is 243 Å². The minimum Gasteiger partial charge on any atom is -0.495 e. The molecule has 0 aliphatic carbocycles. The number of methoxy groups -OCH3 is 1. The fraction of sp³-hybridized carbons (Fsp3) is 0.259. The van der Waals surface area contributed by atoms with Gasteiger partial charge in [-0.2, -0.15) is 0 Å². The average Bonchev–Trinajstić information content (AvgIpc) is 2.91. The summed E-state index contributed by atoms with van der Waals surface area (Å²) in [5.74, 6) is -0.870. The van der Waals surface area contributed by atoms with Crippen LogP contribution in [-0.4, -0.2) is 51.4 Å². The van der Waals surface area contributed by atoms with Gasteiger partial charge in [0.15, 0.2) is 0 Å². The number of carbonyl (C=O) groups excluding carboxylic acids is 2. The van der Waals surface area contributed by atoms with E-state index in [1.54, 1.807) is 50.2 Å². The van der Waals surface area contributed by atoms with Crippen LogP contribution < -0.4 is 14.4 Å². The lowest BCUT2D eigenvalue weighted by Gasteiger charge is -2.32. The normalized spacial score (nSPS) is 11.9. The van der Waals surface area contributed by atoms with E-state index in [0.717, 1.165) is 4.31 Å². The molecule has 3 aromatic carbocycles. The van der Waals surface area contributed by atoms with Crippen LogP contribution >= 0.6 is 34.8 Å². The molecule has 0 aromatic heterocycles. The zero-order valence-corrected chi connectivity index (χ0v) is 24.6. The van der Waals surface area contributed by atoms with Crippen LogP contribution in [0.15, 0.2) is 71.6 Å². The summed E-state index contributed by atoms with van der Waals surface area (Å²) in [6, 6.07) is 16.0. The van der Waals surface area contributed by atoms with E-state index in [4.69, 9.17) is 39.5 Å². The Balaban J connectivity index is 2.11. The zero-order valence-electron chi connectivity index (χ0n) is 21.5. The summed E-state index contributed by atoms with van der Waals surface area (Å²) < 4.78 is 34.1. The minimum absolute atomic E-state index is 0.0381. The van der Waals surface area contributed by atoms with Gasteiger partial charge in [0.25, 0.3) is 10.0 Å². The van der Waals surface area contributed by atoms with E-state index in [2.05, 4.69) is 5.32 Å². The number of benzene rings is 3. The molecule has 0 bridgehead atoms. The second kappa shape index (κ2) is 13.4. The Bertz CT molecular complexity index is 1440. The van der Waals surface area contributed by atoms with Gasteiger partial charge in [-0.1, -0.05) is 59.1 Å². The maximum absolute atomic E-state index is 13.9. The molecule has 2 amide bonds. The van der Waals surface area contributed by atoms with E-state index < -0.39 is 34.4 Å². The number of halogens is 3. The molecule has 1 unspecified atom stereocenters. The molecule has 0 saturated heterocycles. The van der Waals surface area contributed by atoms with E-state index in [0.29, 0.717) is 22.2 Å². The molecule has 39 heavy (non-hydrogen) atoms. The molecular formula is C27H28Cl3N3O5S. The Kier molecular flexibility index (Phi) is 10.5. The van der Waals surface area contributed by atoms with E-state index >= 15 is 0 Å². The highest BCUT2D eigenvalue weighted by Gasteiger charge is 2.34. The summed E-state index contributed by atoms with van der Waals surface area (Å²) in [6.45, 7) is 2.94. The van der Waals surface area contributed by atoms with Gasteiger partial charge in [0.2, 0.25) is 11.8 Å². The summed E-state index contributed by atoms with van der Waals surface area (Å²) in [4.78, 5) is 28.0. The molecule has 0 aliphatic rings. The van der Waals surface area contributed by atoms with Gasteiger partial charge < -0.3 is 15.0 Å². The first kappa shape index (κ1) is 30.6. The maximum atomic E-state index is 13.9. The van der Waals surface area contributed by atoms with E-state index in [1.807, 2.05) is 0 Å². The van der Waals surface area contributed by atoms with Gasteiger partial charge in [-0.15, -0.1) is 0 Å². The Morgan fingerprint density at radius 1 is 0.974 bits per heavy atom. The maximum Gasteiger partial charge on any atom is 0.264 e. The van der Waals surface area contributed by atoms with Gasteiger partial charge in [-0.3, -0.25) is 13.9 Å². The molecule has 3 rings (SSSR count). The largest absolute Gasteiger partial charge is 0.495 e. The number of nitrogens with one attached hydrogen (secondary N) is 1. The number of amides is 2. The van der Waals surface area contributed by atoms with Crippen molar-refractivity contribution >= 4 is 62.3 Å². The van der Waals surface area contributed by atoms with Crippen LogP contribution in [0.2, 0.25) is 15.1 Å². The number of rotatable bonds is 11. The molecule has 0 radical (unpaired) electrons. The number of sulfonamides is 1. The van der Waals surface area contributed by atoms with Crippen LogP contribution in [0.25, 0.3) is 0 Å². The molecule has 0 fully saturated rings. The molecule has 0 aliphatic heterocycles. The first-order chi connectivity index (χ1) is 18.5. The lowest BCUT2D eigenvalue weighted by Crippen LogP contribution is -2.51. The first-order valence-corrected chi connectivity index (χ1v) is 14.5. The SMILES string of the molecule is CCNC(=O)C(C)N(Cc1ccc(Cl)cc1Cl)C(=O)CN(c1cc(Cl)ccc1OC)S(=O)(=O)c1ccccc1. The van der Waals surface area contributed by atoms with Crippen LogP contribution in [0.3, 0.4) is 0 Å². The van der Waals surface area contributed by atoms with Crippen molar-refractivity contribution in [1.82, 2.24) is 10.2 Å². The van der Waals surface area contributed by atoms with Crippen LogP contribution in [0.4, 0.5) is 5.69 Å². The van der Waals surface area contributed by atoms with Crippen LogP contribution in [0, 0.1) is 0 Å². The molecule has 8 nitrogen and oxygen atoms in total. The van der Waals surface area contributed by atoms with Gasteiger partial charge in [0.1, 0.15) is 18.3 Å². The van der Waals surface area contributed by atoms with E-state index in [-0.39, 0.29) is 27.9 Å². The predicted octanol–water partition coefficient (Wildman–Crippen LogP) is 5.40. The summed E-state index contributed by atoms with van der Waals surface area (Å²) in [5.41, 5.74) is 0.598. The van der Waals surface area contributed by atoms with Crippen LogP contribution in [0.5, 0.6) is 5.75 Å². The molecule has 1 atom stereocenters. The van der Waals surface area contributed by atoms with Gasteiger partial charge in [0, 0.05) is 28.2 Å². The second-order valence-corrected chi connectivity index (χ2v) is 11.6. The van der Waals surface area contributed by atoms with Crippen molar-refractivity contribution in [3.63, 3.8) is 0 Å². The highest BCUT2D eigenvalue weighted by Crippen LogP contribution is 2.35. The van der Waals surface area contributed by atoms with Gasteiger partial charge >= 0.3 is 0 Å². The summed E-state index contributed by atoms with van der Waals surface area (Å²) in [5, 5.41) is 3.65. The number of anilines is 1. The number of carbonyl (C=O) groups is 2. The van der Waals surface area contributed by atoms with Crippen molar-refractivity contribution in [2.45, 2.75) is 31.3 Å². The van der Waals surface area contributed by atoms with Gasteiger partial charge in [-0.05, 0) is 61.9 Å². The molecule has 12 heteroatoms. The van der Waals surface area contributed by atoms with Crippen LogP contribution in [0.1, 0.15) is 19.4 Å². The monoisotopic (exact) mass is 611 g/mol. The first-order valence-electron chi connectivity index (χ1n) is 11.9. The molecular weight excluding hydrogens is 585 g/mol. The molecule has 0 heterocycles. The fourth-order valence-electron chi connectivity index (χ4n) is 3.83. The number of likely N-dealkylation sites (N-methyl/N-ethyl adjacent to an activating group) is 1. The summed E-state index contributed by atoms with van der Waals surface area (Å²) in [7, 11) is -2.89. The Morgan fingerprint density at radius 2 is 1.62 bits per heavy atom. The lowest BCUT2D eigenvalue weighted by molar-refractivity contribution is -0.139. The Morgan fingerprint density at radius 3 is 2.23 bits per heavy atom. The number of ether oxygens (including phenoxy) is 1. The molecule has 3 aromatic rings. The molecule has 208 valence electrons. The van der Waals surface area contributed by atoms with Crippen molar-refractivity contribution < 1.29 is 22.7 Å². The second-order valence-electron chi connectivity index (χ2n) is 8.47. The van der Waals surface area contributed by atoms with E-state index in [9.17, 15) is 18.0 Å². The minimum atomic E-state index is -4.27. The number of hydrogen-bond acceptors (Lipinski definition) is 5. The van der Waals surface area contributed by atoms with Gasteiger partial charge in [-0.25, -0.2) is 8.42 Å². The van der Waals surface area contributed by atoms with Gasteiger partial charge in [0.05, 0.1) is 17.7 Å². The molecule has 0 saturated carbocycles. The standard InChI is InChI=1S/C27H28Cl3N3O5S/c1-4-31-27(35)18(2)32(16-19-10-11-20(28)14-23(19)30)26(34)17-33(24-15-21(29)12-13-25(24)38-3)39(36,37)22-8-6-5-7-9-22/h5-15,18H,4,16-17H2,1-3H3,(H,31,35). The average molecular weight is 613 g/mol.